The van der Waals surface area contributed by atoms with Gasteiger partial charge in [-0.05, 0) is 6.92 Å². The van der Waals surface area contributed by atoms with Gasteiger partial charge in [0.25, 0.3) is 5.56 Å². The average molecular weight is 192 g/mol. The molecule has 0 aromatic carbocycles. The maximum atomic E-state index is 11.1. The summed E-state index contributed by atoms with van der Waals surface area (Å²) in [6.45, 7) is 1.67. The molecular formula is C9H8N2O3. The van der Waals surface area contributed by atoms with Crippen LogP contribution in [0.3, 0.4) is 0 Å². The molecule has 2 rings (SSSR count). The monoisotopic (exact) mass is 192 g/mol. The molecule has 14 heavy (non-hydrogen) atoms. The summed E-state index contributed by atoms with van der Waals surface area (Å²) in [7, 11) is 0. The van der Waals surface area contributed by atoms with Crippen LogP contribution in [0.4, 0.5) is 0 Å². The summed E-state index contributed by atoms with van der Waals surface area (Å²) in [6, 6.07) is 3.70. The van der Waals surface area contributed by atoms with Crippen molar-refractivity contribution in [3.63, 3.8) is 0 Å². The predicted molar refractivity (Wildman–Crippen MR) is 50.7 cm³/mol. The van der Waals surface area contributed by atoms with Gasteiger partial charge >= 0.3 is 0 Å². The molecule has 0 aliphatic heterocycles. The van der Waals surface area contributed by atoms with E-state index in [0.29, 0.717) is 11.3 Å². The first-order valence-corrected chi connectivity index (χ1v) is 4.03. The van der Waals surface area contributed by atoms with Gasteiger partial charge < -0.3 is 10.1 Å². The van der Waals surface area contributed by atoms with Gasteiger partial charge in [0.15, 0.2) is 5.43 Å². The number of pyridine rings is 1. The summed E-state index contributed by atoms with van der Waals surface area (Å²) < 4.78 is 1.39. The van der Waals surface area contributed by atoms with Crippen molar-refractivity contribution in [3.05, 3.63) is 44.5 Å². The van der Waals surface area contributed by atoms with Crippen LogP contribution in [0.25, 0.3) is 5.65 Å². The lowest BCUT2D eigenvalue weighted by molar-refractivity contribution is 0.441. The number of nitrogens with zero attached hydrogens (tertiary/aromatic N) is 1. The van der Waals surface area contributed by atoms with Gasteiger partial charge in [-0.3, -0.25) is 14.0 Å². The van der Waals surface area contributed by atoms with Gasteiger partial charge in [-0.15, -0.1) is 0 Å². The molecule has 2 aromatic heterocycles. The molecule has 0 bridgehead atoms. The maximum absolute atomic E-state index is 11.1. The number of aryl methyl sites for hydroxylation is 1. The molecule has 0 aliphatic carbocycles. The fourth-order valence-electron chi connectivity index (χ4n) is 1.44. The molecule has 0 unspecified atom stereocenters. The highest BCUT2D eigenvalue weighted by Crippen LogP contribution is 2.09. The third-order valence-corrected chi connectivity index (χ3v) is 1.96. The Kier molecular flexibility index (Phi) is 1.67. The molecule has 72 valence electrons. The molecule has 5 heteroatoms. The number of rotatable bonds is 0. The van der Waals surface area contributed by atoms with E-state index in [1.54, 1.807) is 6.92 Å². The van der Waals surface area contributed by atoms with Crippen molar-refractivity contribution in [2.45, 2.75) is 6.92 Å². The minimum Gasteiger partial charge on any atom is -0.494 e. The van der Waals surface area contributed by atoms with Crippen molar-refractivity contribution in [2.75, 3.05) is 0 Å². The highest BCUT2D eigenvalue weighted by molar-refractivity contribution is 5.42. The SMILES string of the molecule is Cc1cc(=O)cc2[nH]c(=O)cc(O)n12. The highest BCUT2D eigenvalue weighted by Gasteiger charge is 2.03. The van der Waals surface area contributed by atoms with E-state index in [1.165, 1.54) is 16.5 Å². The van der Waals surface area contributed by atoms with Crippen LogP contribution in [0.5, 0.6) is 5.88 Å². The molecule has 0 spiro atoms. The van der Waals surface area contributed by atoms with Gasteiger partial charge in [0.1, 0.15) is 5.65 Å². The Labute approximate surface area is 78.3 Å². The maximum Gasteiger partial charge on any atom is 0.254 e. The largest absolute Gasteiger partial charge is 0.494 e. The van der Waals surface area contributed by atoms with Crippen LogP contribution in [0.15, 0.2) is 27.8 Å². The van der Waals surface area contributed by atoms with Crippen molar-refractivity contribution in [1.29, 1.82) is 0 Å². The van der Waals surface area contributed by atoms with Crippen molar-refractivity contribution < 1.29 is 5.11 Å². The first-order chi connectivity index (χ1) is 6.58. The van der Waals surface area contributed by atoms with Crippen LogP contribution in [-0.2, 0) is 0 Å². The summed E-state index contributed by atoms with van der Waals surface area (Å²) in [5.74, 6) is -0.179. The van der Waals surface area contributed by atoms with E-state index in [-0.39, 0.29) is 11.3 Å². The molecule has 2 N–H and O–H groups in total. The smallest absolute Gasteiger partial charge is 0.254 e. The molecule has 0 amide bonds. The summed E-state index contributed by atoms with van der Waals surface area (Å²) in [5.41, 5.74) is 0.220. The van der Waals surface area contributed by atoms with E-state index >= 15 is 0 Å². The zero-order chi connectivity index (χ0) is 10.3. The molecular weight excluding hydrogens is 184 g/mol. The topological polar surface area (TPSA) is 74.6 Å². The molecule has 0 radical (unpaired) electrons. The molecule has 0 saturated carbocycles. The number of H-pyrrole nitrogens is 1. The Morgan fingerprint density at radius 2 is 2.00 bits per heavy atom. The van der Waals surface area contributed by atoms with Gasteiger partial charge in [-0.25, -0.2) is 0 Å². The van der Waals surface area contributed by atoms with E-state index < -0.39 is 5.56 Å². The van der Waals surface area contributed by atoms with E-state index in [2.05, 4.69) is 4.98 Å². The molecule has 0 saturated heterocycles. The average Bonchev–Trinajstić information content (AvgIpc) is 1.99. The van der Waals surface area contributed by atoms with Crippen molar-refractivity contribution in [2.24, 2.45) is 0 Å². The van der Waals surface area contributed by atoms with Crippen LogP contribution in [-0.4, -0.2) is 14.5 Å². The second-order valence-corrected chi connectivity index (χ2v) is 3.04. The second kappa shape index (κ2) is 2.73. The van der Waals surface area contributed by atoms with Gasteiger partial charge in [0.05, 0.1) is 6.07 Å². The quantitative estimate of drug-likeness (QED) is 0.617. The number of nitrogens with one attached hydrogen (secondary N) is 1. The summed E-state index contributed by atoms with van der Waals surface area (Å²) in [6.07, 6.45) is 0. The first kappa shape index (κ1) is 8.55. The summed E-state index contributed by atoms with van der Waals surface area (Å²) in [4.78, 5) is 24.6. The summed E-state index contributed by atoms with van der Waals surface area (Å²) >= 11 is 0. The molecule has 2 aromatic rings. The zero-order valence-corrected chi connectivity index (χ0v) is 7.44. The minimum atomic E-state index is -0.437. The fourth-order valence-corrected chi connectivity index (χ4v) is 1.44. The Hall–Kier alpha value is -2.04. The van der Waals surface area contributed by atoms with Crippen LogP contribution in [0.2, 0.25) is 0 Å². The standard InChI is InChI=1S/C9H8N2O3/c1-5-2-6(12)3-7-10-8(13)4-9(14)11(5)7/h2-4,14H,1H3,(H,10,13). The van der Waals surface area contributed by atoms with Gasteiger partial charge in [-0.1, -0.05) is 0 Å². The molecule has 5 nitrogen and oxygen atoms in total. The molecule has 0 fully saturated rings. The third-order valence-electron chi connectivity index (χ3n) is 1.96. The van der Waals surface area contributed by atoms with Gasteiger partial charge in [0, 0.05) is 17.8 Å². The Bertz CT molecular complexity index is 559. The van der Waals surface area contributed by atoms with E-state index in [1.807, 2.05) is 0 Å². The molecule has 2 heterocycles. The lowest BCUT2D eigenvalue weighted by Gasteiger charge is -2.05. The van der Waals surface area contributed by atoms with Crippen LogP contribution in [0, 0.1) is 6.92 Å². The van der Waals surface area contributed by atoms with Crippen LogP contribution < -0.4 is 11.0 Å². The van der Waals surface area contributed by atoms with E-state index in [0.717, 1.165) is 6.07 Å². The van der Waals surface area contributed by atoms with Crippen molar-refractivity contribution in [3.8, 4) is 5.88 Å². The lowest BCUT2D eigenvalue weighted by atomic mass is 10.3. The number of aromatic nitrogens is 2. The Morgan fingerprint density at radius 1 is 1.29 bits per heavy atom. The number of hydrogen-bond acceptors (Lipinski definition) is 3. The normalized spacial score (nSPS) is 10.6. The highest BCUT2D eigenvalue weighted by atomic mass is 16.3. The lowest BCUT2D eigenvalue weighted by Crippen LogP contribution is -2.12. The number of fused-ring (bicyclic) bond motifs is 1. The predicted octanol–water partition coefficient (Wildman–Crippen LogP) is 0.00182. The Morgan fingerprint density at radius 3 is 2.71 bits per heavy atom. The van der Waals surface area contributed by atoms with Crippen LogP contribution >= 0.6 is 0 Å². The van der Waals surface area contributed by atoms with Gasteiger partial charge in [0.2, 0.25) is 5.88 Å². The van der Waals surface area contributed by atoms with E-state index in [4.69, 9.17) is 0 Å². The summed E-state index contributed by atoms with van der Waals surface area (Å²) in [5, 5.41) is 9.46. The van der Waals surface area contributed by atoms with Gasteiger partial charge in [-0.2, -0.15) is 0 Å². The fraction of sp³-hybridized carbons (Fsp3) is 0.111. The number of aromatic amines is 1. The molecule has 0 atom stereocenters. The zero-order valence-electron chi connectivity index (χ0n) is 7.44. The van der Waals surface area contributed by atoms with E-state index in [9.17, 15) is 14.7 Å². The Balaban J connectivity index is 3.09. The number of hydrogen-bond donors (Lipinski definition) is 2. The third kappa shape index (κ3) is 1.19. The number of aromatic hydroxyl groups is 1. The minimum absolute atomic E-state index is 0.179. The molecule has 0 aliphatic rings. The van der Waals surface area contributed by atoms with Crippen molar-refractivity contribution in [1.82, 2.24) is 9.38 Å². The first-order valence-electron chi connectivity index (χ1n) is 4.03. The van der Waals surface area contributed by atoms with Crippen molar-refractivity contribution >= 4 is 5.65 Å². The van der Waals surface area contributed by atoms with Crippen LogP contribution in [0.1, 0.15) is 5.69 Å². The second-order valence-electron chi connectivity index (χ2n) is 3.04.